The molecular weight excluding hydrogens is 182 g/mol. The molecule has 0 bridgehead atoms. The number of hydrogen-bond acceptors (Lipinski definition) is 4. The van der Waals surface area contributed by atoms with Crippen molar-refractivity contribution in [2.45, 2.75) is 19.8 Å². The van der Waals surface area contributed by atoms with Crippen LogP contribution < -0.4 is 5.32 Å². The van der Waals surface area contributed by atoms with Gasteiger partial charge in [-0.05, 0) is 19.4 Å². The van der Waals surface area contributed by atoms with Gasteiger partial charge in [0.2, 0.25) is 5.95 Å². The molecule has 1 heterocycles. The molecule has 0 saturated heterocycles. The molecule has 0 aliphatic heterocycles. The van der Waals surface area contributed by atoms with Crippen molar-refractivity contribution in [3.05, 3.63) is 18.0 Å². The SMILES string of the molecule is Cc1ccnc(NCCCC(=O)O)n1. The zero-order valence-corrected chi connectivity index (χ0v) is 8.03. The van der Waals surface area contributed by atoms with Gasteiger partial charge in [0.1, 0.15) is 0 Å². The van der Waals surface area contributed by atoms with E-state index in [4.69, 9.17) is 5.11 Å². The summed E-state index contributed by atoms with van der Waals surface area (Å²) in [5.74, 6) is -0.229. The van der Waals surface area contributed by atoms with Crippen molar-refractivity contribution in [1.29, 1.82) is 0 Å². The summed E-state index contributed by atoms with van der Waals surface area (Å²) in [7, 11) is 0. The Morgan fingerprint density at radius 1 is 1.64 bits per heavy atom. The van der Waals surface area contributed by atoms with Crippen LogP contribution in [0.3, 0.4) is 0 Å². The molecule has 0 radical (unpaired) electrons. The first kappa shape index (κ1) is 10.4. The van der Waals surface area contributed by atoms with Gasteiger partial charge < -0.3 is 10.4 Å². The lowest BCUT2D eigenvalue weighted by Crippen LogP contribution is -2.07. The molecule has 0 fully saturated rings. The van der Waals surface area contributed by atoms with Crippen molar-refractivity contribution in [3.8, 4) is 0 Å². The van der Waals surface area contributed by atoms with E-state index >= 15 is 0 Å². The zero-order chi connectivity index (χ0) is 10.4. The van der Waals surface area contributed by atoms with Crippen molar-refractivity contribution in [1.82, 2.24) is 9.97 Å². The lowest BCUT2D eigenvalue weighted by Gasteiger charge is -2.03. The Hall–Kier alpha value is -1.65. The largest absolute Gasteiger partial charge is 0.481 e. The van der Waals surface area contributed by atoms with Gasteiger partial charge in [-0.15, -0.1) is 0 Å². The molecule has 0 amide bonds. The number of hydrogen-bond donors (Lipinski definition) is 2. The summed E-state index contributed by atoms with van der Waals surface area (Å²) >= 11 is 0. The van der Waals surface area contributed by atoms with Gasteiger partial charge in [0, 0.05) is 24.9 Å². The number of carboxylic acids is 1. The lowest BCUT2D eigenvalue weighted by molar-refractivity contribution is -0.137. The lowest BCUT2D eigenvalue weighted by atomic mass is 10.3. The van der Waals surface area contributed by atoms with Crippen molar-refractivity contribution in [3.63, 3.8) is 0 Å². The first-order valence-corrected chi connectivity index (χ1v) is 4.44. The number of aromatic nitrogens is 2. The van der Waals surface area contributed by atoms with E-state index in [1.54, 1.807) is 6.20 Å². The monoisotopic (exact) mass is 195 g/mol. The number of aliphatic carboxylic acids is 1. The Balaban J connectivity index is 2.28. The summed E-state index contributed by atoms with van der Waals surface area (Å²) in [6.45, 7) is 2.46. The van der Waals surface area contributed by atoms with Crippen LogP contribution >= 0.6 is 0 Å². The van der Waals surface area contributed by atoms with Crippen molar-refractivity contribution >= 4 is 11.9 Å². The normalized spacial score (nSPS) is 9.79. The van der Waals surface area contributed by atoms with Gasteiger partial charge in [0.25, 0.3) is 0 Å². The maximum Gasteiger partial charge on any atom is 0.303 e. The van der Waals surface area contributed by atoms with Crippen LogP contribution in [0.15, 0.2) is 12.3 Å². The Labute approximate surface area is 82.2 Å². The van der Waals surface area contributed by atoms with Gasteiger partial charge in [-0.1, -0.05) is 0 Å². The molecule has 0 spiro atoms. The minimum atomic E-state index is -0.781. The number of anilines is 1. The fourth-order valence-corrected chi connectivity index (χ4v) is 0.974. The quantitative estimate of drug-likeness (QED) is 0.687. The highest BCUT2D eigenvalue weighted by Crippen LogP contribution is 1.99. The predicted octanol–water partition coefficient (Wildman–Crippen LogP) is 1.06. The summed E-state index contributed by atoms with van der Waals surface area (Å²) in [4.78, 5) is 18.3. The summed E-state index contributed by atoms with van der Waals surface area (Å²) in [6, 6.07) is 1.81. The van der Waals surface area contributed by atoms with Gasteiger partial charge in [-0.3, -0.25) is 4.79 Å². The van der Waals surface area contributed by atoms with E-state index in [2.05, 4.69) is 15.3 Å². The molecule has 5 heteroatoms. The zero-order valence-electron chi connectivity index (χ0n) is 8.03. The fraction of sp³-hybridized carbons (Fsp3) is 0.444. The Kier molecular flexibility index (Phi) is 3.84. The van der Waals surface area contributed by atoms with E-state index in [1.807, 2.05) is 13.0 Å². The average Bonchev–Trinajstić information content (AvgIpc) is 2.12. The molecule has 0 aromatic carbocycles. The van der Waals surface area contributed by atoms with Crippen molar-refractivity contribution < 1.29 is 9.90 Å². The highest BCUT2D eigenvalue weighted by Gasteiger charge is 1.97. The summed E-state index contributed by atoms with van der Waals surface area (Å²) < 4.78 is 0. The third-order valence-corrected chi connectivity index (χ3v) is 1.65. The van der Waals surface area contributed by atoms with Gasteiger partial charge >= 0.3 is 5.97 Å². The minimum absolute atomic E-state index is 0.165. The number of nitrogens with one attached hydrogen (secondary N) is 1. The van der Waals surface area contributed by atoms with E-state index in [1.165, 1.54) is 0 Å². The number of carboxylic acid groups (broad SMARTS) is 1. The van der Waals surface area contributed by atoms with Crippen LogP contribution in [-0.2, 0) is 4.79 Å². The van der Waals surface area contributed by atoms with Crippen LogP contribution in [0.4, 0.5) is 5.95 Å². The maximum atomic E-state index is 10.2. The van der Waals surface area contributed by atoms with Crippen LogP contribution in [-0.4, -0.2) is 27.6 Å². The number of nitrogens with zero attached hydrogens (tertiary/aromatic N) is 2. The first-order valence-electron chi connectivity index (χ1n) is 4.44. The van der Waals surface area contributed by atoms with E-state index in [9.17, 15) is 4.79 Å². The second kappa shape index (κ2) is 5.16. The van der Waals surface area contributed by atoms with Gasteiger partial charge in [-0.25, -0.2) is 9.97 Å². The molecule has 0 unspecified atom stereocenters. The second-order valence-corrected chi connectivity index (χ2v) is 2.95. The van der Waals surface area contributed by atoms with E-state index in [0.717, 1.165) is 5.69 Å². The van der Waals surface area contributed by atoms with Crippen LogP contribution in [0, 0.1) is 6.92 Å². The molecular formula is C9H13N3O2. The molecule has 2 N–H and O–H groups in total. The summed E-state index contributed by atoms with van der Waals surface area (Å²) in [6.07, 6.45) is 2.41. The third kappa shape index (κ3) is 3.84. The van der Waals surface area contributed by atoms with Gasteiger partial charge in [0.15, 0.2) is 0 Å². The number of carbonyl (C=O) groups is 1. The standard InChI is InChI=1S/C9H13N3O2/c1-7-4-6-11-9(12-7)10-5-2-3-8(13)14/h4,6H,2-3,5H2,1H3,(H,13,14)(H,10,11,12). The summed E-state index contributed by atoms with van der Waals surface area (Å²) in [5.41, 5.74) is 0.890. The Morgan fingerprint density at radius 3 is 3.07 bits per heavy atom. The predicted molar refractivity (Wildman–Crippen MR) is 52.1 cm³/mol. The molecule has 0 aliphatic carbocycles. The molecule has 0 atom stereocenters. The molecule has 0 aliphatic rings. The highest BCUT2D eigenvalue weighted by atomic mass is 16.4. The highest BCUT2D eigenvalue weighted by molar-refractivity contribution is 5.66. The van der Waals surface area contributed by atoms with Crippen LogP contribution in [0.5, 0.6) is 0 Å². The van der Waals surface area contributed by atoms with Crippen molar-refractivity contribution in [2.75, 3.05) is 11.9 Å². The maximum absolute atomic E-state index is 10.2. The smallest absolute Gasteiger partial charge is 0.303 e. The topological polar surface area (TPSA) is 75.1 Å². The fourth-order valence-electron chi connectivity index (χ4n) is 0.974. The average molecular weight is 195 g/mol. The van der Waals surface area contributed by atoms with Crippen LogP contribution in [0.25, 0.3) is 0 Å². The third-order valence-electron chi connectivity index (χ3n) is 1.65. The van der Waals surface area contributed by atoms with Crippen LogP contribution in [0.2, 0.25) is 0 Å². The Morgan fingerprint density at radius 2 is 2.43 bits per heavy atom. The van der Waals surface area contributed by atoms with E-state index < -0.39 is 5.97 Å². The molecule has 1 aromatic rings. The van der Waals surface area contributed by atoms with E-state index in [0.29, 0.717) is 18.9 Å². The summed E-state index contributed by atoms with van der Waals surface area (Å²) in [5, 5.41) is 11.4. The van der Waals surface area contributed by atoms with Crippen LogP contribution in [0.1, 0.15) is 18.5 Å². The molecule has 1 rings (SSSR count). The van der Waals surface area contributed by atoms with E-state index in [-0.39, 0.29) is 6.42 Å². The molecule has 1 aromatic heterocycles. The Bertz CT molecular complexity index is 315. The van der Waals surface area contributed by atoms with Gasteiger partial charge in [-0.2, -0.15) is 0 Å². The number of rotatable bonds is 5. The molecule has 76 valence electrons. The molecule has 0 saturated carbocycles. The van der Waals surface area contributed by atoms with Crippen molar-refractivity contribution in [2.24, 2.45) is 0 Å². The second-order valence-electron chi connectivity index (χ2n) is 2.95. The minimum Gasteiger partial charge on any atom is -0.481 e. The molecule has 14 heavy (non-hydrogen) atoms. The molecule has 5 nitrogen and oxygen atoms in total. The van der Waals surface area contributed by atoms with Gasteiger partial charge in [0.05, 0.1) is 0 Å². The number of aryl methyl sites for hydroxylation is 1. The first-order chi connectivity index (χ1) is 6.68.